The molecule has 0 aliphatic rings. The van der Waals surface area contributed by atoms with E-state index in [9.17, 15) is 4.79 Å². The lowest BCUT2D eigenvalue weighted by Gasteiger charge is -2.14. The second-order valence-corrected chi connectivity index (χ2v) is 4.31. The number of aromatic amines is 1. The van der Waals surface area contributed by atoms with E-state index in [1.54, 1.807) is 0 Å². The highest BCUT2D eigenvalue weighted by molar-refractivity contribution is 5.97. The maximum Gasteiger partial charge on any atom is 0.274 e. The topological polar surface area (TPSA) is 104 Å². The molecule has 6 heteroatoms. The Morgan fingerprint density at radius 3 is 2.83 bits per heavy atom. The van der Waals surface area contributed by atoms with Crippen molar-refractivity contribution < 1.29 is 9.90 Å². The summed E-state index contributed by atoms with van der Waals surface area (Å²) in [7, 11) is 0. The quantitative estimate of drug-likeness (QED) is 0.578. The molecule has 0 aliphatic carbocycles. The number of hydrogen-bond acceptors (Lipinski definition) is 4. The van der Waals surface area contributed by atoms with E-state index in [0.717, 1.165) is 25.0 Å². The number of carbonyl (C=O) groups excluding carboxylic acids is 1. The summed E-state index contributed by atoms with van der Waals surface area (Å²) in [5.74, 6) is -0.286. The first-order chi connectivity index (χ1) is 8.63. The van der Waals surface area contributed by atoms with Gasteiger partial charge in [-0.05, 0) is 19.3 Å². The van der Waals surface area contributed by atoms with Gasteiger partial charge in [-0.1, -0.05) is 20.3 Å². The van der Waals surface area contributed by atoms with Crippen LogP contribution in [0.2, 0.25) is 0 Å². The number of nitrogens with zero attached hydrogens (tertiary/aromatic N) is 1. The Kier molecular flexibility index (Phi) is 5.64. The van der Waals surface area contributed by atoms with Gasteiger partial charge in [-0.3, -0.25) is 9.89 Å². The molecule has 0 radical (unpaired) electrons. The summed E-state index contributed by atoms with van der Waals surface area (Å²) in [6.45, 7) is 4.04. The van der Waals surface area contributed by atoms with Crippen LogP contribution in [0.5, 0.6) is 0 Å². The van der Waals surface area contributed by atoms with E-state index in [1.165, 1.54) is 0 Å². The van der Waals surface area contributed by atoms with Crippen LogP contribution in [-0.4, -0.2) is 33.9 Å². The molecule has 0 saturated carbocycles. The average molecular weight is 254 g/mol. The lowest BCUT2D eigenvalue weighted by atomic mass is 10.1. The second kappa shape index (κ2) is 7.00. The number of aliphatic hydroxyl groups is 1. The van der Waals surface area contributed by atoms with Crippen molar-refractivity contribution in [2.24, 2.45) is 0 Å². The van der Waals surface area contributed by atoms with E-state index < -0.39 is 0 Å². The van der Waals surface area contributed by atoms with Gasteiger partial charge in [-0.25, -0.2) is 0 Å². The zero-order chi connectivity index (χ0) is 13.5. The lowest BCUT2D eigenvalue weighted by Crippen LogP contribution is -2.35. The van der Waals surface area contributed by atoms with Crippen LogP contribution in [0.4, 0.5) is 5.69 Å². The molecule has 1 aromatic rings. The molecule has 0 fully saturated rings. The van der Waals surface area contributed by atoms with Crippen LogP contribution in [-0.2, 0) is 6.42 Å². The summed E-state index contributed by atoms with van der Waals surface area (Å²) in [6, 6.07) is -0.0479. The van der Waals surface area contributed by atoms with Gasteiger partial charge in [0.25, 0.3) is 5.91 Å². The fourth-order valence-corrected chi connectivity index (χ4v) is 1.79. The number of aromatic nitrogens is 2. The van der Waals surface area contributed by atoms with E-state index in [1.807, 2.05) is 13.8 Å². The summed E-state index contributed by atoms with van der Waals surface area (Å²) < 4.78 is 0. The zero-order valence-corrected chi connectivity index (χ0v) is 11.0. The van der Waals surface area contributed by atoms with Crippen molar-refractivity contribution in [2.45, 2.75) is 45.6 Å². The molecule has 1 unspecified atom stereocenters. The second-order valence-electron chi connectivity index (χ2n) is 4.31. The van der Waals surface area contributed by atoms with Crippen LogP contribution in [0.15, 0.2) is 0 Å². The van der Waals surface area contributed by atoms with Crippen LogP contribution >= 0.6 is 0 Å². The number of anilines is 1. The van der Waals surface area contributed by atoms with Crippen molar-refractivity contribution in [3.05, 3.63) is 11.4 Å². The number of amides is 1. The minimum Gasteiger partial charge on any atom is -0.396 e. The van der Waals surface area contributed by atoms with Crippen molar-refractivity contribution >= 4 is 11.6 Å². The fourth-order valence-electron chi connectivity index (χ4n) is 1.79. The highest BCUT2D eigenvalue weighted by atomic mass is 16.3. The third-order valence-corrected chi connectivity index (χ3v) is 2.90. The Morgan fingerprint density at radius 2 is 2.28 bits per heavy atom. The number of aliphatic hydroxyl groups excluding tert-OH is 1. The Labute approximate surface area is 107 Å². The number of nitrogen functional groups attached to an aromatic ring is 1. The third kappa shape index (κ3) is 3.46. The van der Waals surface area contributed by atoms with E-state index in [4.69, 9.17) is 10.8 Å². The Hall–Kier alpha value is -1.56. The van der Waals surface area contributed by atoms with Crippen LogP contribution in [0.3, 0.4) is 0 Å². The highest BCUT2D eigenvalue weighted by Crippen LogP contribution is 2.15. The monoisotopic (exact) mass is 254 g/mol. The van der Waals surface area contributed by atoms with Gasteiger partial charge in [0.2, 0.25) is 0 Å². The van der Waals surface area contributed by atoms with Crippen LogP contribution in [0.1, 0.15) is 49.3 Å². The molecule has 5 N–H and O–H groups in total. The average Bonchev–Trinajstić information content (AvgIpc) is 2.71. The van der Waals surface area contributed by atoms with Gasteiger partial charge in [0.15, 0.2) is 5.69 Å². The molecule has 0 aromatic carbocycles. The van der Waals surface area contributed by atoms with Gasteiger partial charge >= 0.3 is 0 Å². The van der Waals surface area contributed by atoms with E-state index in [-0.39, 0.29) is 24.2 Å². The summed E-state index contributed by atoms with van der Waals surface area (Å²) in [5.41, 5.74) is 7.35. The molecule has 6 nitrogen and oxygen atoms in total. The molecule has 1 atom stereocenters. The number of nitrogens with two attached hydrogens (primary N) is 1. The Balaban J connectivity index is 2.71. The first-order valence-corrected chi connectivity index (χ1v) is 6.38. The van der Waals surface area contributed by atoms with Crippen molar-refractivity contribution in [3.8, 4) is 0 Å². The standard InChI is InChI=1S/C12H22N4O2/c1-3-5-9-10(13)11(16-15-9)12(18)14-8(4-2)6-7-17/h8,17H,3-7,13H2,1-2H3,(H,14,18)(H,15,16). The summed E-state index contributed by atoms with van der Waals surface area (Å²) in [4.78, 5) is 12.0. The summed E-state index contributed by atoms with van der Waals surface area (Å²) >= 11 is 0. The Bertz CT molecular complexity index is 389. The first kappa shape index (κ1) is 14.5. The van der Waals surface area contributed by atoms with Gasteiger partial charge < -0.3 is 16.2 Å². The molecule has 0 saturated heterocycles. The summed E-state index contributed by atoms with van der Waals surface area (Å²) in [5, 5.41) is 18.5. The van der Waals surface area contributed by atoms with Crippen molar-refractivity contribution in [1.82, 2.24) is 15.5 Å². The maximum absolute atomic E-state index is 12.0. The predicted molar refractivity (Wildman–Crippen MR) is 70.2 cm³/mol. The number of hydrogen-bond donors (Lipinski definition) is 4. The molecule has 0 spiro atoms. The number of rotatable bonds is 7. The molecule has 1 heterocycles. The van der Waals surface area contributed by atoms with Gasteiger partial charge in [0, 0.05) is 12.6 Å². The van der Waals surface area contributed by atoms with Crippen molar-refractivity contribution in [3.63, 3.8) is 0 Å². The van der Waals surface area contributed by atoms with Crippen LogP contribution < -0.4 is 11.1 Å². The van der Waals surface area contributed by atoms with Gasteiger partial charge in [0.1, 0.15) is 0 Å². The molecule has 1 aromatic heterocycles. The fraction of sp³-hybridized carbons (Fsp3) is 0.667. The molecule has 1 amide bonds. The van der Waals surface area contributed by atoms with Crippen molar-refractivity contribution in [2.75, 3.05) is 12.3 Å². The molecule has 0 aliphatic heterocycles. The number of aryl methyl sites for hydroxylation is 1. The first-order valence-electron chi connectivity index (χ1n) is 6.38. The predicted octanol–water partition coefficient (Wildman–Crippen LogP) is 0.835. The molecular formula is C12H22N4O2. The smallest absolute Gasteiger partial charge is 0.274 e. The minimum atomic E-state index is -0.286. The SMILES string of the molecule is CCCc1[nH]nc(C(=O)NC(CC)CCO)c1N. The van der Waals surface area contributed by atoms with Gasteiger partial charge in [-0.2, -0.15) is 5.10 Å². The van der Waals surface area contributed by atoms with E-state index in [2.05, 4.69) is 15.5 Å². The summed E-state index contributed by atoms with van der Waals surface area (Å²) in [6.07, 6.45) is 3.02. The van der Waals surface area contributed by atoms with E-state index in [0.29, 0.717) is 12.1 Å². The number of H-pyrrole nitrogens is 1. The van der Waals surface area contributed by atoms with Crippen LogP contribution in [0.25, 0.3) is 0 Å². The number of nitrogens with one attached hydrogen (secondary N) is 2. The van der Waals surface area contributed by atoms with E-state index >= 15 is 0 Å². The third-order valence-electron chi connectivity index (χ3n) is 2.90. The molecular weight excluding hydrogens is 232 g/mol. The minimum absolute atomic E-state index is 0.0479. The zero-order valence-electron chi connectivity index (χ0n) is 11.0. The van der Waals surface area contributed by atoms with Crippen LogP contribution in [0, 0.1) is 0 Å². The maximum atomic E-state index is 12.0. The highest BCUT2D eigenvalue weighted by Gasteiger charge is 2.19. The molecule has 102 valence electrons. The number of carbonyl (C=O) groups is 1. The van der Waals surface area contributed by atoms with Crippen molar-refractivity contribution in [1.29, 1.82) is 0 Å². The molecule has 18 heavy (non-hydrogen) atoms. The Morgan fingerprint density at radius 1 is 1.56 bits per heavy atom. The van der Waals surface area contributed by atoms with Gasteiger partial charge in [0.05, 0.1) is 11.4 Å². The normalized spacial score (nSPS) is 12.4. The largest absolute Gasteiger partial charge is 0.396 e. The lowest BCUT2D eigenvalue weighted by molar-refractivity contribution is 0.0925. The van der Waals surface area contributed by atoms with Gasteiger partial charge in [-0.15, -0.1) is 0 Å². The molecule has 1 rings (SSSR count). The molecule has 0 bridgehead atoms.